The smallest absolute Gasteiger partial charge is 0.363 e. The molecule has 2 aromatic rings. The quantitative estimate of drug-likeness (QED) is 0.403. The van der Waals surface area contributed by atoms with Crippen molar-refractivity contribution in [1.82, 2.24) is 0 Å². The van der Waals surface area contributed by atoms with Gasteiger partial charge in [-0.25, -0.2) is 9.79 Å². The summed E-state index contributed by atoms with van der Waals surface area (Å²) in [5.74, 6) is 0.760. The number of esters is 2. The number of hydrogen-bond donors (Lipinski definition) is 0. The number of nitrogens with zero attached hydrogens (tertiary/aromatic N) is 1. The Balaban J connectivity index is 1.87. The van der Waals surface area contributed by atoms with Crippen LogP contribution in [0.15, 0.2) is 53.2 Å². The summed E-state index contributed by atoms with van der Waals surface area (Å²) in [6.07, 6.45) is 1.85. The zero-order valence-corrected chi connectivity index (χ0v) is 16.4. The molecule has 0 aromatic heterocycles. The highest BCUT2D eigenvalue weighted by Crippen LogP contribution is 2.30. The van der Waals surface area contributed by atoms with E-state index >= 15 is 0 Å². The minimum atomic E-state index is -0.546. The van der Waals surface area contributed by atoms with Crippen LogP contribution >= 0.6 is 0 Å². The molecule has 0 saturated carbocycles. The van der Waals surface area contributed by atoms with E-state index in [9.17, 15) is 9.59 Å². The van der Waals surface area contributed by atoms with Crippen LogP contribution in [0.1, 0.15) is 31.4 Å². The second-order valence-corrected chi connectivity index (χ2v) is 6.03. The van der Waals surface area contributed by atoms with E-state index in [0.29, 0.717) is 35.0 Å². The summed E-state index contributed by atoms with van der Waals surface area (Å²) in [5, 5.41) is 0. The maximum atomic E-state index is 12.2. The van der Waals surface area contributed by atoms with Gasteiger partial charge in [-0.3, -0.25) is 4.79 Å². The lowest BCUT2D eigenvalue weighted by Crippen LogP contribution is -2.07. The van der Waals surface area contributed by atoms with E-state index in [0.717, 1.165) is 0 Å². The molecule has 29 heavy (non-hydrogen) atoms. The summed E-state index contributed by atoms with van der Waals surface area (Å²) in [6.45, 7) is 3.94. The third-order valence-corrected chi connectivity index (χ3v) is 4.04. The third-order valence-electron chi connectivity index (χ3n) is 4.04. The van der Waals surface area contributed by atoms with E-state index in [1.165, 1.54) is 0 Å². The van der Waals surface area contributed by atoms with Crippen molar-refractivity contribution in [2.24, 2.45) is 4.99 Å². The number of carbonyl (C=O) groups is 2. The molecule has 0 atom stereocenters. The Labute approximate surface area is 168 Å². The first-order chi connectivity index (χ1) is 14.0. The number of carbonyl (C=O) groups excluding carboxylic acids is 2. The first kappa shape index (κ1) is 20.1. The Bertz CT molecular complexity index is 975. The predicted molar refractivity (Wildman–Crippen MR) is 107 cm³/mol. The standard InChI is InChI=1S/C22H21NO6/c1-4-20(24)28-18-11-6-14(13-19(18)27-5-2)12-17-22(25)29-21(23-17)15-7-9-16(26-3)10-8-15/h6-13H,4-5H2,1-3H3/b17-12-. The van der Waals surface area contributed by atoms with Crippen molar-refractivity contribution in [2.45, 2.75) is 20.3 Å². The minimum absolute atomic E-state index is 0.163. The second kappa shape index (κ2) is 9.05. The van der Waals surface area contributed by atoms with Gasteiger partial charge in [0.15, 0.2) is 17.2 Å². The molecule has 0 N–H and O–H groups in total. The van der Waals surface area contributed by atoms with Gasteiger partial charge in [-0.05, 0) is 55.0 Å². The Morgan fingerprint density at radius 2 is 1.86 bits per heavy atom. The van der Waals surface area contributed by atoms with Gasteiger partial charge in [0.1, 0.15) is 5.75 Å². The van der Waals surface area contributed by atoms with Crippen LogP contribution < -0.4 is 14.2 Å². The molecule has 0 radical (unpaired) electrons. The fourth-order valence-electron chi connectivity index (χ4n) is 2.59. The molecule has 150 valence electrons. The number of rotatable bonds is 7. The summed E-state index contributed by atoms with van der Waals surface area (Å²) in [7, 11) is 1.58. The monoisotopic (exact) mass is 395 g/mol. The molecule has 0 amide bonds. The molecule has 0 unspecified atom stereocenters. The summed E-state index contributed by atoms with van der Waals surface area (Å²) < 4.78 is 21.2. The van der Waals surface area contributed by atoms with E-state index < -0.39 is 5.97 Å². The van der Waals surface area contributed by atoms with E-state index in [-0.39, 0.29) is 24.0 Å². The molecule has 0 aliphatic carbocycles. The molecule has 7 nitrogen and oxygen atoms in total. The number of aliphatic imine (C=N–C) groups is 1. The number of cyclic esters (lactones) is 1. The molecule has 0 bridgehead atoms. The van der Waals surface area contributed by atoms with Crippen LogP contribution in [-0.4, -0.2) is 31.6 Å². The van der Waals surface area contributed by atoms with Crippen molar-refractivity contribution in [3.63, 3.8) is 0 Å². The zero-order chi connectivity index (χ0) is 20.8. The first-order valence-corrected chi connectivity index (χ1v) is 9.18. The van der Waals surface area contributed by atoms with Crippen LogP contribution in [0.2, 0.25) is 0 Å². The molecule has 0 saturated heterocycles. The van der Waals surface area contributed by atoms with Gasteiger partial charge in [0.2, 0.25) is 5.90 Å². The number of hydrogen-bond acceptors (Lipinski definition) is 7. The van der Waals surface area contributed by atoms with Crippen molar-refractivity contribution < 1.29 is 28.5 Å². The predicted octanol–water partition coefficient (Wildman–Crippen LogP) is 3.75. The lowest BCUT2D eigenvalue weighted by Gasteiger charge is -2.10. The van der Waals surface area contributed by atoms with Gasteiger partial charge in [-0.15, -0.1) is 0 Å². The Morgan fingerprint density at radius 3 is 2.52 bits per heavy atom. The summed E-state index contributed by atoms with van der Waals surface area (Å²) >= 11 is 0. The Morgan fingerprint density at radius 1 is 1.10 bits per heavy atom. The molecule has 2 aromatic carbocycles. The van der Waals surface area contributed by atoms with Gasteiger partial charge in [0.05, 0.1) is 13.7 Å². The highest BCUT2D eigenvalue weighted by Gasteiger charge is 2.24. The highest BCUT2D eigenvalue weighted by molar-refractivity contribution is 6.12. The summed E-state index contributed by atoms with van der Waals surface area (Å²) in [6, 6.07) is 12.1. The number of methoxy groups -OCH3 is 1. The van der Waals surface area contributed by atoms with Gasteiger partial charge in [0, 0.05) is 12.0 Å². The number of ether oxygens (including phenoxy) is 4. The normalized spacial score (nSPS) is 14.4. The largest absolute Gasteiger partial charge is 0.497 e. The fourth-order valence-corrected chi connectivity index (χ4v) is 2.59. The van der Waals surface area contributed by atoms with Crippen molar-refractivity contribution in [3.8, 4) is 17.2 Å². The Kier molecular flexibility index (Phi) is 6.29. The Hall–Kier alpha value is -3.61. The highest BCUT2D eigenvalue weighted by atomic mass is 16.6. The second-order valence-electron chi connectivity index (χ2n) is 6.03. The molecule has 3 rings (SSSR count). The van der Waals surface area contributed by atoms with E-state index in [2.05, 4.69) is 4.99 Å². The van der Waals surface area contributed by atoms with Crippen LogP contribution in [0.25, 0.3) is 6.08 Å². The lowest BCUT2D eigenvalue weighted by atomic mass is 10.1. The molecule has 1 aliphatic heterocycles. The van der Waals surface area contributed by atoms with Gasteiger partial charge in [0.25, 0.3) is 0 Å². The minimum Gasteiger partial charge on any atom is -0.497 e. The molecule has 1 heterocycles. The van der Waals surface area contributed by atoms with Crippen molar-refractivity contribution in [2.75, 3.05) is 13.7 Å². The SMILES string of the molecule is CCOc1cc(/C=C2\N=C(c3ccc(OC)cc3)OC2=O)ccc1OC(=O)CC. The molecule has 7 heteroatoms. The molecular formula is C22H21NO6. The molecule has 0 fully saturated rings. The van der Waals surface area contributed by atoms with Crippen LogP contribution in [0.5, 0.6) is 17.2 Å². The zero-order valence-electron chi connectivity index (χ0n) is 16.4. The number of benzene rings is 2. The van der Waals surface area contributed by atoms with Gasteiger partial charge >= 0.3 is 11.9 Å². The maximum absolute atomic E-state index is 12.2. The van der Waals surface area contributed by atoms with Crippen LogP contribution in [0.3, 0.4) is 0 Å². The van der Waals surface area contributed by atoms with Crippen molar-refractivity contribution >= 4 is 23.9 Å². The van der Waals surface area contributed by atoms with E-state index in [1.807, 2.05) is 6.92 Å². The maximum Gasteiger partial charge on any atom is 0.363 e. The molecule has 1 aliphatic rings. The average molecular weight is 395 g/mol. The van der Waals surface area contributed by atoms with Gasteiger partial charge < -0.3 is 18.9 Å². The molecule has 0 spiro atoms. The average Bonchev–Trinajstić information content (AvgIpc) is 3.10. The summed E-state index contributed by atoms with van der Waals surface area (Å²) in [4.78, 5) is 28.1. The van der Waals surface area contributed by atoms with E-state index in [4.69, 9.17) is 18.9 Å². The van der Waals surface area contributed by atoms with Crippen molar-refractivity contribution in [3.05, 3.63) is 59.3 Å². The molecular weight excluding hydrogens is 374 g/mol. The first-order valence-electron chi connectivity index (χ1n) is 9.18. The van der Waals surface area contributed by atoms with Crippen LogP contribution in [0.4, 0.5) is 0 Å². The lowest BCUT2D eigenvalue weighted by molar-refractivity contribution is -0.134. The van der Waals surface area contributed by atoms with Gasteiger partial charge in [-0.2, -0.15) is 0 Å². The topological polar surface area (TPSA) is 83.4 Å². The summed E-state index contributed by atoms with van der Waals surface area (Å²) in [5.41, 5.74) is 1.49. The van der Waals surface area contributed by atoms with Crippen LogP contribution in [0, 0.1) is 0 Å². The van der Waals surface area contributed by atoms with Crippen LogP contribution in [-0.2, 0) is 14.3 Å². The van der Waals surface area contributed by atoms with Gasteiger partial charge in [-0.1, -0.05) is 13.0 Å². The van der Waals surface area contributed by atoms with E-state index in [1.54, 1.807) is 62.6 Å². The third kappa shape index (κ3) is 4.82. The van der Waals surface area contributed by atoms with Crippen molar-refractivity contribution in [1.29, 1.82) is 0 Å². The fraction of sp³-hybridized carbons (Fsp3) is 0.227.